The van der Waals surface area contributed by atoms with Gasteiger partial charge in [0.05, 0.1) is 18.2 Å². The number of hydrogen-bond acceptors (Lipinski definition) is 9. The first-order valence-corrected chi connectivity index (χ1v) is 16.3. The molecule has 45 heavy (non-hydrogen) atoms. The number of amides is 1. The van der Waals surface area contributed by atoms with Crippen molar-refractivity contribution in [3.63, 3.8) is 0 Å². The first-order chi connectivity index (χ1) is 21.8. The van der Waals surface area contributed by atoms with E-state index in [0.29, 0.717) is 43.8 Å². The SMILES string of the molecule is C=CCOc1ccc(C2C(C(=O)/C=C/c3ccccc3)=C(O)C(=O)N2c2nnc(SCc3ccc(Cl)cc3Cl)s2)cc1OCC. The van der Waals surface area contributed by atoms with Gasteiger partial charge in [-0.2, -0.15) is 0 Å². The van der Waals surface area contributed by atoms with Crippen molar-refractivity contribution in [2.45, 2.75) is 23.1 Å². The van der Waals surface area contributed by atoms with Gasteiger partial charge in [-0.25, -0.2) is 0 Å². The fraction of sp³-hybridized carbons (Fsp3) is 0.152. The lowest BCUT2D eigenvalue weighted by molar-refractivity contribution is -0.117. The second-order valence-corrected chi connectivity index (χ2v) is 12.6. The molecule has 4 aromatic rings. The number of aliphatic hydroxyl groups excluding tert-OH is 1. The third kappa shape index (κ3) is 7.42. The molecule has 8 nitrogen and oxygen atoms in total. The molecule has 1 N–H and O–H groups in total. The van der Waals surface area contributed by atoms with E-state index >= 15 is 0 Å². The van der Waals surface area contributed by atoms with Crippen LogP contribution < -0.4 is 14.4 Å². The zero-order valence-corrected chi connectivity index (χ0v) is 27.1. The predicted molar refractivity (Wildman–Crippen MR) is 180 cm³/mol. The number of halogens is 2. The number of nitrogens with zero attached hydrogens (tertiary/aromatic N) is 3. The van der Waals surface area contributed by atoms with Crippen molar-refractivity contribution < 1.29 is 24.2 Å². The van der Waals surface area contributed by atoms with Crippen molar-refractivity contribution in [1.82, 2.24) is 10.2 Å². The van der Waals surface area contributed by atoms with Crippen LogP contribution in [0.3, 0.4) is 0 Å². The van der Waals surface area contributed by atoms with E-state index in [9.17, 15) is 14.7 Å². The fourth-order valence-electron chi connectivity index (χ4n) is 4.56. The Labute approximate surface area is 278 Å². The average Bonchev–Trinajstić information content (AvgIpc) is 3.61. The summed E-state index contributed by atoms with van der Waals surface area (Å²) in [6.07, 6.45) is 4.59. The third-order valence-corrected chi connectivity index (χ3v) is 9.30. The summed E-state index contributed by atoms with van der Waals surface area (Å²) < 4.78 is 12.2. The molecule has 1 aliphatic rings. The Morgan fingerprint density at radius 3 is 2.62 bits per heavy atom. The van der Waals surface area contributed by atoms with Gasteiger partial charge in [0.2, 0.25) is 5.13 Å². The lowest BCUT2D eigenvalue weighted by Crippen LogP contribution is -2.31. The van der Waals surface area contributed by atoms with Crippen LogP contribution in [0, 0.1) is 0 Å². The quantitative estimate of drug-likeness (QED) is 0.0652. The number of benzene rings is 3. The smallest absolute Gasteiger partial charge is 0.296 e. The minimum atomic E-state index is -1.02. The van der Waals surface area contributed by atoms with Crippen LogP contribution in [-0.4, -0.2) is 40.2 Å². The van der Waals surface area contributed by atoms with Crippen LogP contribution in [0.2, 0.25) is 10.0 Å². The van der Waals surface area contributed by atoms with Gasteiger partial charge in [0.15, 0.2) is 27.4 Å². The van der Waals surface area contributed by atoms with Crippen LogP contribution in [0.25, 0.3) is 6.08 Å². The number of rotatable bonds is 13. The summed E-state index contributed by atoms with van der Waals surface area (Å²) in [5.41, 5.74) is 2.07. The fourth-order valence-corrected chi connectivity index (χ4v) is 6.99. The van der Waals surface area contributed by atoms with Gasteiger partial charge < -0.3 is 14.6 Å². The van der Waals surface area contributed by atoms with Gasteiger partial charge in [-0.15, -0.1) is 10.2 Å². The van der Waals surface area contributed by atoms with Crippen molar-refractivity contribution in [2.75, 3.05) is 18.1 Å². The molecule has 0 radical (unpaired) electrons. The van der Waals surface area contributed by atoms with Crippen LogP contribution in [0.5, 0.6) is 11.5 Å². The van der Waals surface area contributed by atoms with Crippen molar-refractivity contribution in [2.24, 2.45) is 0 Å². The molecule has 1 aliphatic heterocycles. The van der Waals surface area contributed by atoms with Crippen LogP contribution in [-0.2, 0) is 15.3 Å². The number of anilines is 1. The molecular formula is C33H27Cl2N3O5S2. The number of ether oxygens (including phenoxy) is 2. The summed E-state index contributed by atoms with van der Waals surface area (Å²) in [5.74, 6) is -0.588. The highest BCUT2D eigenvalue weighted by molar-refractivity contribution is 8.00. The van der Waals surface area contributed by atoms with E-state index in [1.165, 1.54) is 22.7 Å². The van der Waals surface area contributed by atoms with Crippen molar-refractivity contribution in [3.05, 3.63) is 124 Å². The maximum atomic E-state index is 13.7. The summed E-state index contributed by atoms with van der Waals surface area (Å²) in [6.45, 7) is 6.13. The Morgan fingerprint density at radius 2 is 1.89 bits per heavy atom. The Balaban J connectivity index is 1.51. The maximum Gasteiger partial charge on any atom is 0.296 e. The van der Waals surface area contributed by atoms with E-state index in [0.717, 1.165) is 22.5 Å². The largest absolute Gasteiger partial charge is 0.503 e. The first-order valence-electron chi connectivity index (χ1n) is 13.8. The summed E-state index contributed by atoms with van der Waals surface area (Å²) in [5, 5.41) is 21.0. The zero-order valence-electron chi connectivity index (χ0n) is 24.0. The van der Waals surface area contributed by atoms with Crippen LogP contribution in [0.15, 0.2) is 101 Å². The van der Waals surface area contributed by atoms with E-state index in [1.54, 1.807) is 42.5 Å². The molecule has 0 saturated heterocycles. The van der Waals surface area contributed by atoms with E-state index < -0.39 is 23.5 Å². The number of thioether (sulfide) groups is 1. The van der Waals surface area contributed by atoms with Crippen LogP contribution in [0.1, 0.15) is 29.7 Å². The molecule has 5 rings (SSSR count). The number of carbonyl (C=O) groups is 2. The van der Waals surface area contributed by atoms with E-state index in [4.69, 9.17) is 32.7 Å². The molecule has 3 aromatic carbocycles. The number of aromatic nitrogens is 2. The predicted octanol–water partition coefficient (Wildman–Crippen LogP) is 8.28. The van der Waals surface area contributed by atoms with Crippen molar-refractivity contribution in [1.29, 1.82) is 0 Å². The molecule has 0 saturated carbocycles. The van der Waals surface area contributed by atoms with Crippen molar-refractivity contribution in [3.8, 4) is 11.5 Å². The summed E-state index contributed by atoms with van der Waals surface area (Å²) in [7, 11) is 0. The molecule has 0 aliphatic carbocycles. The number of allylic oxidation sites excluding steroid dienone is 1. The lowest BCUT2D eigenvalue weighted by Gasteiger charge is -2.24. The van der Waals surface area contributed by atoms with Gasteiger partial charge in [-0.1, -0.05) is 107 Å². The monoisotopic (exact) mass is 679 g/mol. The number of hydrogen-bond donors (Lipinski definition) is 1. The van der Waals surface area contributed by atoms with Gasteiger partial charge in [0.1, 0.15) is 6.61 Å². The van der Waals surface area contributed by atoms with Crippen LogP contribution in [0.4, 0.5) is 5.13 Å². The van der Waals surface area contributed by atoms with Crippen molar-refractivity contribution >= 4 is 69.2 Å². The molecule has 2 heterocycles. The second-order valence-electron chi connectivity index (χ2n) is 9.56. The van der Waals surface area contributed by atoms with Crippen LogP contribution >= 0.6 is 46.3 Å². The highest BCUT2D eigenvalue weighted by Gasteiger charge is 2.45. The topological polar surface area (TPSA) is 102 Å². The summed E-state index contributed by atoms with van der Waals surface area (Å²) >= 11 is 14.9. The number of aliphatic hydroxyl groups is 1. The summed E-state index contributed by atoms with van der Waals surface area (Å²) in [4.78, 5) is 28.6. The normalized spacial score (nSPS) is 14.8. The van der Waals surface area contributed by atoms with Gasteiger partial charge in [-0.3, -0.25) is 14.5 Å². The Hall–Kier alpha value is -4.09. The molecule has 0 spiro atoms. The van der Waals surface area contributed by atoms with E-state index in [-0.39, 0.29) is 17.3 Å². The Kier molecular flexibility index (Phi) is 10.6. The van der Waals surface area contributed by atoms with Gasteiger partial charge >= 0.3 is 0 Å². The average molecular weight is 681 g/mol. The first kappa shape index (κ1) is 32.3. The summed E-state index contributed by atoms with van der Waals surface area (Å²) in [6, 6.07) is 18.6. The molecule has 1 aromatic heterocycles. The molecule has 1 amide bonds. The van der Waals surface area contributed by atoms with Gasteiger partial charge in [0.25, 0.3) is 5.91 Å². The Morgan fingerprint density at radius 1 is 1.09 bits per heavy atom. The zero-order chi connectivity index (χ0) is 31.9. The molecule has 12 heteroatoms. The van der Waals surface area contributed by atoms with Gasteiger partial charge in [0, 0.05) is 15.8 Å². The van der Waals surface area contributed by atoms with E-state index in [2.05, 4.69) is 16.8 Å². The maximum absolute atomic E-state index is 13.7. The highest BCUT2D eigenvalue weighted by Crippen LogP contribution is 2.45. The lowest BCUT2D eigenvalue weighted by atomic mass is 9.95. The third-order valence-electron chi connectivity index (χ3n) is 6.61. The molecular weight excluding hydrogens is 653 g/mol. The second kappa shape index (κ2) is 14.8. The molecule has 1 unspecified atom stereocenters. The minimum absolute atomic E-state index is 0.0910. The number of ketones is 1. The minimum Gasteiger partial charge on any atom is -0.503 e. The standard InChI is InChI=1S/C33H27Cl2N3O5S2/c1-3-16-43-26-15-12-21(17-27(26)42-4-2)29-28(25(39)14-10-20-8-6-5-7-9-20)30(40)31(41)38(29)32-36-37-33(45-32)44-19-22-11-13-23(34)18-24(22)35/h3,5-15,17-18,29,40H,1,4,16,19H2,2H3/b14-10+. The van der Waals surface area contributed by atoms with E-state index in [1.807, 2.05) is 43.3 Å². The molecule has 230 valence electrons. The molecule has 0 fully saturated rings. The number of carbonyl (C=O) groups excluding carboxylic acids is 2. The molecule has 1 atom stereocenters. The highest BCUT2D eigenvalue weighted by atomic mass is 35.5. The van der Waals surface area contributed by atoms with Gasteiger partial charge in [-0.05, 0) is 54.0 Å². The Bertz CT molecular complexity index is 1790. The molecule has 0 bridgehead atoms.